The first-order chi connectivity index (χ1) is 5.57. The molecule has 6 nitrogen and oxygen atoms in total. The summed E-state index contributed by atoms with van der Waals surface area (Å²) < 4.78 is 4.70. The van der Waals surface area contributed by atoms with Gasteiger partial charge in [0.25, 0.3) is 0 Å². The maximum atomic E-state index is 9.20. The highest BCUT2D eigenvalue weighted by Crippen LogP contribution is 2.18. The molecule has 72 valence electrons. The summed E-state index contributed by atoms with van der Waals surface area (Å²) in [5.74, 6) is 0. The molecule has 12 heavy (non-hydrogen) atoms. The normalized spacial score (nSPS) is 49.2. The number of hydrogen-bond acceptors (Lipinski definition) is 6. The molecule has 0 radical (unpaired) electrons. The van der Waals surface area contributed by atoms with Crippen LogP contribution >= 0.6 is 0 Å². The highest BCUT2D eigenvalue weighted by molar-refractivity contribution is 4.88. The second-order valence-corrected chi connectivity index (χ2v) is 2.77. The highest BCUT2D eigenvalue weighted by atomic mass is 16.6. The minimum Gasteiger partial charge on any atom is -0.388 e. The minimum atomic E-state index is -1.49. The lowest BCUT2D eigenvalue weighted by Gasteiger charge is -2.37. The molecular formula is C6H13NO5. The third-order valence-corrected chi connectivity index (χ3v) is 1.92. The van der Waals surface area contributed by atoms with E-state index in [-0.39, 0.29) is 6.54 Å². The first-order valence-corrected chi connectivity index (χ1v) is 3.65. The van der Waals surface area contributed by atoms with Crippen molar-refractivity contribution in [1.82, 2.24) is 0 Å². The van der Waals surface area contributed by atoms with Crippen molar-refractivity contribution in [3.05, 3.63) is 0 Å². The molecule has 0 amide bonds. The average Bonchev–Trinajstić information content (AvgIpc) is 2.08. The topological polar surface area (TPSA) is 116 Å². The van der Waals surface area contributed by atoms with Crippen molar-refractivity contribution in [2.24, 2.45) is 5.73 Å². The summed E-state index contributed by atoms with van der Waals surface area (Å²) >= 11 is 0. The molecule has 0 aromatic heterocycles. The van der Waals surface area contributed by atoms with Gasteiger partial charge in [-0.15, -0.1) is 0 Å². The summed E-state index contributed by atoms with van der Waals surface area (Å²) in [7, 11) is 0. The van der Waals surface area contributed by atoms with Gasteiger partial charge < -0.3 is 30.9 Å². The van der Waals surface area contributed by atoms with Gasteiger partial charge in [0.15, 0.2) is 6.29 Å². The quantitative estimate of drug-likeness (QED) is 0.288. The molecule has 1 saturated heterocycles. The molecular weight excluding hydrogens is 166 g/mol. The maximum absolute atomic E-state index is 9.20. The molecule has 1 aliphatic rings. The molecule has 1 heterocycles. The van der Waals surface area contributed by atoms with Crippen LogP contribution in [0.1, 0.15) is 0 Å². The summed E-state index contributed by atoms with van der Waals surface area (Å²) in [6, 6.07) is 0. The van der Waals surface area contributed by atoms with E-state index in [1.807, 2.05) is 0 Å². The van der Waals surface area contributed by atoms with Gasteiger partial charge in [-0.25, -0.2) is 0 Å². The largest absolute Gasteiger partial charge is 0.388 e. The van der Waals surface area contributed by atoms with Crippen LogP contribution in [-0.4, -0.2) is 57.7 Å². The summed E-state index contributed by atoms with van der Waals surface area (Å²) in [6.45, 7) is -0.0258. The summed E-state index contributed by atoms with van der Waals surface area (Å²) in [5.41, 5.74) is 5.17. The monoisotopic (exact) mass is 179 g/mol. The number of ether oxygens (including phenoxy) is 1. The van der Waals surface area contributed by atoms with Crippen LogP contribution in [0.4, 0.5) is 0 Å². The molecule has 0 spiro atoms. The van der Waals surface area contributed by atoms with Gasteiger partial charge in [0.2, 0.25) is 0 Å². The Bertz CT molecular complexity index is 150. The number of rotatable bonds is 1. The molecule has 0 unspecified atom stereocenters. The van der Waals surface area contributed by atoms with Crippen molar-refractivity contribution in [2.75, 3.05) is 6.54 Å². The first kappa shape index (κ1) is 9.85. The van der Waals surface area contributed by atoms with Crippen LogP contribution in [0, 0.1) is 0 Å². The molecule has 0 saturated carbocycles. The summed E-state index contributed by atoms with van der Waals surface area (Å²) in [6.07, 6.45) is -6.48. The van der Waals surface area contributed by atoms with E-state index in [0.29, 0.717) is 0 Å². The van der Waals surface area contributed by atoms with Gasteiger partial charge in [-0.05, 0) is 0 Å². The van der Waals surface area contributed by atoms with Crippen molar-refractivity contribution in [1.29, 1.82) is 0 Å². The zero-order chi connectivity index (χ0) is 9.30. The van der Waals surface area contributed by atoms with Crippen LogP contribution in [0.2, 0.25) is 0 Å². The Hall–Kier alpha value is -0.240. The van der Waals surface area contributed by atoms with Crippen LogP contribution in [0.15, 0.2) is 0 Å². The second-order valence-electron chi connectivity index (χ2n) is 2.77. The Labute approximate surface area is 69.2 Å². The van der Waals surface area contributed by atoms with Crippen LogP contribution < -0.4 is 5.73 Å². The zero-order valence-electron chi connectivity index (χ0n) is 6.37. The van der Waals surface area contributed by atoms with Crippen molar-refractivity contribution >= 4 is 0 Å². The summed E-state index contributed by atoms with van der Waals surface area (Å²) in [5, 5.41) is 36.3. The van der Waals surface area contributed by atoms with Gasteiger partial charge in [0.05, 0.1) is 0 Å². The molecule has 0 aliphatic carbocycles. The molecule has 6 N–H and O–H groups in total. The maximum Gasteiger partial charge on any atom is 0.184 e. The van der Waals surface area contributed by atoms with Gasteiger partial charge in [0, 0.05) is 6.54 Å². The van der Waals surface area contributed by atoms with E-state index in [1.165, 1.54) is 0 Å². The molecule has 1 aliphatic heterocycles. The lowest BCUT2D eigenvalue weighted by atomic mass is 9.99. The van der Waals surface area contributed by atoms with Crippen LogP contribution in [0.25, 0.3) is 0 Å². The average molecular weight is 179 g/mol. The molecule has 0 aromatic carbocycles. The second kappa shape index (κ2) is 3.65. The summed E-state index contributed by atoms with van der Waals surface area (Å²) in [4.78, 5) is 0. The molecule has 1 rings (SSSR count). The van der Waals surface area contributed by atoms with Crippen LogP contribution in [0.5, 0.6) is 0 Å². The Morgan fingerprint density at radius 2 is 1.58 bits per heavy atom. The van der Waals surface area contributed by atoms with Gasteiger partial charge in [-0.2, -0.15) is 0 Å². The smallest absolute Gasteiger partial charge is 0.184 e. The van der Waals surface area contributed by atoms with Gasteiger partial charge in [-0.1, -0.05) is 0 Å². The number of aliphatic hydroxyl groups is 4. The van der Waals surface area contributed by atoms with E-state index in [4.69, 9.17) is 25.8 Å². The molecule has 0 bridgehead atoms. The molecule has 5 atom stereocenters. The zero-order valence-corrected chi connectivity index (χ0v) is 6.37. The van der Waals surface area contributed by atoms with E-state index in [9.17, 15) is 5.11 Å². The lowest BCUT2D eigenvalue weighted by Crippen LogP contribution is -2.59. The lowest BCUT2D eigenvalue weighted by molar-refractivity contribution is -0.279. The van der Waals surface area contributed by atoms with Crippen molar-refractivity contribution < 1.29 is 25.2 Å². The SMILES string of the molecule is NC[C@H]1O[C@@H](O)[C@H](O)[C@@H](O)[C@@H]1O. The first-order valence-electron chi connectivity index (χ1n) is 3.65. The van der Waals surface area contributed by atoms with Crippen molar-refractivity contribution in [3.63, 3.8) is 0 Å². The standard InChI is InChI=1S/C6H13NO5/c7-1-2-3(8)4(9)5(10)6(11)12-2/h2-6,8-11H,1,7H2/t2-,3-,4+,5-,6-/m1/s1. The fourth-order valence-corrected chi connectivity index (χ4v) is 1.13. The Morgan fingerprint density at radius 3 is 2.08 bits per heavy atom. The molecule has 0 aromatic rings. The van der Waals surface area contributed by atoms with Gasteiger partial charge >= 0.3 is 0 Å². The van der Waals surface area contributed by atoms with Crippen LogP contribution in [-0.2, 0) is 4.74 Å². The van der Waals surface area contributed by atoms with Gasteiger partial charge in [0.1, 0.15) is 24.4 Å². The third kappa shape index (κ3) is 1.58. The van der Waals surface area contributed by atoms with Gasteiger partial charge in [-0.3, -0.25) is 0 Å². The molecule has 1 fully saturated rings. The predicted octanol–water partition coefficient (Wildman–Crippen LogP) is -3.25. The number of hydrogen-bond donors (Lipinski definition) is 5. The van der Waals surface area contributed by atoms with Crippen LogP contribution in [0.3, 0.4) is 0 Å². The van der Waals surface area contributed by atoms with Crippen molar-refractivity contribution in [3.8, 4) is 0 Å². The fourth-order valence-electron chi connectivity index (χ4n) is 1.13. The highest BCUT2D eigenvalue weighted by Gasteiger charge is 2.42. The Balaban J connectivity index is 2.63. The third-order valence-electron chi connectivity index (χ3n) is 1.92. The predicted molar refractivity (Wildman–Crippen MR) is 38.0 cm³/mol. The Kier molecular flexibility index (Phi) is 2.99. The van der Waals surface area contributed by atoms with E-state index in [2.05, 4.69) is 0 Å². The Morgan fingerprint density at radius 1 is 1.00 bits per heavy atom. The van der Waals surface area contributed by atoms with E-state index in [0.717, 1.165) is 0 Å². The van der Waals surface area contributed by atoms with E-state index in [1.54, 1.807) is 0 Å². The number of aliphatic hydroxyl groups excluding tert-OH is 4. The van der Waals surface area contributed by atoms with E-state index >= 15 is 0 Å². The number of nitrogens with two attached hydrogens (primary N) is 1. The molecule has 6 heteroatoms. The van der Waals surface area contributed by atoms with Crippen molar-refractivity contribution in [2.45, 2.75) is 30.7 Å². The fraction of sp³-hybridized carbons (Fsp3) is 1.00. The minimum absolute atomic E-state index is 0.0258. The van der Waals surface area contributed by atoms with E-state index < -0.39 is 30.7 Å².